The van der Waals surface area contributed by atoms with Crippen LogP contribution in [0.5, 0.6) is 0 Å². The van der Waals surface area contributed by atoms with Crippen molar-refractivity contribution in [3.05, 3.63) is 94.8 Å². The number of nitrogens with zero attached hydrogens (tertiary/aromatic N) is 2. The van der Waals surface area contributed by atoms with Crippen LogP contribution in [0.2, 0.25) is 0 Å². The molecule has 1 unspecified atom stereocenters. The second-order valence-electron chi connectivity index (χ2n) is 6.11. The van der Waals surface area contributed by atoms with Gasteiger partial charge >= 0.3 is 0 Å². The summed E-state index contributed by atoms with van der Waals surface area (Å²) in [5, 5.41) is 0. The van der Waals surface area contributed by atoms with E-state index in [1.165, 1.54) is 11.1 Å². The Morgan fingerprint density at radius 2 is 1.75 bits per heavy atom. The first kappa shape index (κ1) is 14.6. The van der Waals surface area contributed by atoms with Crippen LogP contribution in [-0.4, -0.2) is 10.9 Å². The highest BCUT2D eigenvalue weighted by atomic mass is 16.5. The smallest absolute Gasteiger partial charge is 0.241 e. The first-order valence-electron chi connectivity index (χ1n) is 8.04. The van der Waals surface area contributed by atoms with Crippen molar-refractivity contribution in [2.24, 2.45) is 4.99 Å². The van der Waals surface area contributed by atoms with Crippen LogP contribution in [0.25, 0.3) is 0 Å². The number of benzene rings is 2. The van der Waals surface area contributed by atoms with E-state index in [1.807, 2.05) is 18.2 Å². The summed E-state index contributed by atoms with van der Waals surface area (Å²) in [4.78, 5) is 9.07. The molecular weight excluding hydrogens is 296 g/mol. The zero-order valence-corrected chi connectivity index (χ0v) is 13.7. The van der Waals surface area contributed by atoms with Gasteiger partial charge in [0.25, 0.3) is 0 Å². The van der Waals surface area contributed by atoms with Crippen molar-refractivity contribution < 1.29 is 4.74 Å². The summed E-state index contributed by atoms with van der Waals surface area (Å²) in [6, 6.07) is 20.5. The van der Waals surface area contributed by atoms with Crippen molar-refractivity contribution in [3.8, 4) is 0 Å². The van der Waals surface area contributed by atoms with Crippen LogP contribution < -0.4 is 0 Å². The maximum Gasteiger partial charge on any atom is 0.241 e. The van der Waals surface area contributed by atoms with Crippen LogP contribution in [0, 0.1) is 13.8 Å². The van der Waals surface area contributed by atoms with E-state index < -0.39 is 0 Å². The number of fused-ring (bicyclic) bond motifs is 1. The molecule has 0 N–H and O–H groups in total. The van der Waals surface area contributed by atoms with Crippen LogP contribution in [-0.2, 0) is 4.74 Å². The third-order valence-corrected chi connectivity index (χ3v) is 4.15. The summed E-state index contributed by atoms with van der Waals surface area (Å²) in [6.45, 7) is 4.18. The molecule has 0 saturated carbocycles. The maximum absolute atomic E-state index is 6.28. The van der Waals surface area contributed by atoms with Crippen LogP contribution in [0.1, 0.15) is 34.1 Å². The van der Waals surface area contributed by atoms with Crippen LogP contribution in [0.3, 0.4) is 0 Å². The molecule has 2 aromatic carbocycles. The van der Waals surface area contributed by atoms with E-state index in [2.05, 4.69) is 66.3 Å². The molecule has 1 atom stereocenters. The summed E-state index contributed by atoms with van der Waals surface area (Å²) in [5.74, 6) is 0.568. The molecule has 118 valence electrons. The second kappa shape index (κ2) is 5.93. The predicted molar refractivity (Wildman–Crippen MR) is 95.7 cm³/mol. The van der Waals surface area contributed by atoms with Gasteiger partial charge in [-0.15, -0.1) is 0 Å². The van der Waals surface area contributed by atoms with Crippen molar-refractivity contribution in [1.29, 1.82) is 0 Å². The Morgan fingerprint density at radius 1 is 0.875 bits per heavy atom. The van der Waals surface area contributed by atoms with E-state index in [0.717, 1.165) is 22.5 Å². The number of hydrogen-bond donors (Lipinski definition) is 0. The lowest BCUT2D eigenvalue weighted by molar-refractivity contribution is 0.228. The number of aryl methyl sites for hydroxylation is 2. The highest BCUT2D eigenvalue weighted by Gasteiger charge is 2.27. The average molecular weight is 314 g/mol. The van der Waals surface area contributed by atoms with Gasteiger partial charge in [0.05, 0.1) is 5.69 Å². The molecule has 0 saturated heterocycles. The summed E-state index contributed by atoms with van der Waals surface area (Å²) >= 11 is 0. The molecule has 1 aromatic heterocycles. The van der Waals surface area contributed by atoms with Crippen molar-refractivity contribution in [2.45, 2.75) is 20.0 Å². The fourth-order valence-corrected chi connectivity index (χ4v) is 2.98. The standard InChI is InChI=1S/C21H18N2O/c1-14-6-5-7-16(12-14)20-17-13-15(2)9-10-18(17)23-21(24-20)19-8-3-4-11-22-19/h3-13,20H,1-2H3. The van der Waals surface area contributed by atoms with Crippen LogP contribution in [0.4, 0.5) is 5.69 Å². The summed E-state index contributed by atoms with van der Waals surface area (Å²) < 4.78 is 6.28. The van der Waals surface area contributed by atoms with Gasteiger partial charge in [-0.3, -0.25) is 4.98 Å². The average Bonchev–Trinajstić information content (AvgIpc) is 2.61. The van der Waals surface area contributed by atoms with Gasteiger partial charge in [0.2, 0.25) is 5.90 Å². The van der Waals surface area contributed by atoms with Gasteiger partial charge in [0, 0.05) is 11.8 Å². The number of hydrogen-bond acceptors (Lipinski definition) is 3. The molecule has 0 amide bonds. The minimum absolute atomic E-state index is 0.172. The molecule has 1 aliphatic rings. The quantitative estimate of drug-likeness (QED) is 0.674. The van der Waals surface area contributed by atoms with E-state index in [1.54, 1.807) is 6.20 Å². The normalized spacial score (nSPS) is 16.1. The van der Waals surface area contributed by atoms with E-state index in [9.17, 15) is 0 Å². The van der Waals surface area contributed by atoms with Crippen molar-refractivity contribution in [1.82, 2.24) is 4.98 Å². The van der Waals surface area contributed by atoms with E-state index >= 15 is 0 Å². The summed E-state index contributed by atoms with van der Waals surface area (Å²) in [5.41, 5.74) is 6.34. The molecule has 0 fully saturated rings. The Balaban J connectivity index is 1.86. The number of aliphatic imine (C=N–C) groups is 1. The lowest BCUT2D eigenvalue weighted by Crippen LogP contribution is -2.19. The lowest BCUT2D eigenvalue weighted by atomic mass is 9.96. The molecular formula is C21H18N2O. The molecule has 3 nitrogen and oxygen atoms in total. The zero-order valence-electron chi connectivity index (χ0n) is 13.7. The monoisotopic (exact) mass is 314 g/mol. The van der Waals surface area contributed by atoms with Crippen molar-refractivity contribution >= 4 is 11.6 Å². The van der Waals surface area contributed by atoms with Crippen LogP contribution in [0.15, 0.2) is 71.9 Å². The largest absolute Gasteiger partial charge is 0.463 e. The van der Waals surface area contributed by atoms with Gasteiger partial charge in [0.15, 0.2) is 6.10 Å². The van der Waals surface area contributed by atoms with E-state index in [4.69, 9.17) is 4.74 Å². The summed E-state index contributed by atoms with van der Waals surface area (Å²) in [7, 11) is 0. The third-order valence-electron chi connectivity index (χ3n) is 4.15. The molecule has 0 radical (unpaired) electrons. The van der Waals surface area contributed by atoms with Gasteiger partial charge in [0.1, 0.15) is 5.69 Å². The predicted octanol–water partition coefficient (Wildman–Crippen LogP) is 4.90. The zero-order chi connectivity index (χ0) is 16.5. The van der Waals surface area contributed by atoms with E-state index in [0.29, 0.717) is 5.90 Å². The molecule has 4 rings (SSSR count). The van der Waals surface area contributed by atoms with Gasteiger partial charge in [-0.1, -0.05) is 47.5 Å². The highest BCUT2D eigenvalue weighted by molar-refractivity contribution is 5.95. The Labute approximate surface area is 141 Å². The molecule has 3 aromatic rings. The number of rotatable bonds is 2. The molecule has 0 spiro atoms. The summed E-state index contributed by atoms with van der Waals surface area (Å²) in [6.07, 6.45) is 1.59. The molecule has 0 bridgehead atoms. The fourth-order valence-electron chi connectivity index (χ4n) is 2.98. The van der Waals surface area contributed by atoms with Gasteiger partial charge < -0.3 is 4.74 Å². The maximum atomic E-state index is 6.28. The number of ether oxygens (including phenoxy) is 1. The highest BCUT2D eigenvalue weighted by Crippen LogP contribution is 2.38. The van der Waals surface area contributed by atoms with Gasteiger partial charge in [-0.25, -0.2) is 4.99 Å². The Kier molecular flexibility index (Phi) is 3.62. The Bertz CT molecular complexity index is 916. The van der Waals surface area contributed by atoms with E-state index in [-0.39, 0.29) is 6.10 Å². The molecule has 24 heavy (non-hydrogen) atoms. The fraction of sp³-hybridized carbons (Fsp3) is 0.143. The molecule has 0 aliphatic carbocycles. The topological polar surface area (TPSA) is 34.5 Å². The molecule has 2 heterocycles. The minimum Gasteiger partial charge on any atom is -0.463 e. The minimum atomic E-state index is -0.172. The lowest BCUT2D eigenvalue weighted by Gasteiger charge is -2.26. The van der Waals surface area contributed by atoms with Gasteiger partial charge in [-0.2, -0.15) is 0 Å². The second-order valence-corrected chi connectivity index (χ2v) is 6.11. The van der Waals surface area contributed by atoms with Gasteiger partial charge in [-0.05, 0) is 43.7 Å². The van der Waals surface area contributed by atoms with Crippen molar-refractivity contribution in [2.75, 3.05) is 0 Å². The first-order chi connectivity index (χ1) is 11.7. The molecule has 1 aliphatic heterocycles. The Morgan fingerprint density at radius 3 is 2.54 bits per heavy atom. The van der Waals surface area contributed by atoms with Crippen LogP contribution >= 0.6 is 0 Å². The third kappa shape index (κ3) is 2.69. The van der Waals surface area contributed by atoms with Crippen molar-refractivity contribution in [3.63, 3.8) is 0 Å². The SMILES string of the molecule is Cc1cccc(C2OC(c3ccccn3)=Nc3ccc(C)cc32)c1. The number of aromatic nitrogens is 1. The Hall–Kier alpha value is -2.94. The first-order valence-corrected chi connectivity index (χ1v) is 8.04. The number of pyridine rings is 1. The molecule has 3 heteroatoms.